The first kappa shape index (κ1) is 55.4. The van der Waals surface area contributed by atoms with Crippen molar-refractivity contribution in [1.82, 2.24) is 0 Å². The van der Waals surface area contributed by atoms with Gasteiger partial charge in [-0.15, -0.1) is 0 Å². The van der Waals surface area contributed by atoms with Crippen molar-refractivity contribution in [2.45, 2.75) is 127 Å². The third kappa shape index (κ3) is 18.7. The molecule has 0 aromatic rings. The van der Waals surface area contributed by atoms with Gasteiger partial charge in [0, 0.05) is 18.8 Å². The van der Waals surface area contributed by atoms with Gasteiger partial charge in [0.05, 0.1) is 19.3 Å². The van der Waals surface area contributed by atoms with Crippen LogP contribution in [-0.4, -0.2) is 52.8 Å². The van der Waals surface area contributed by atoms with E-state index >= 15 is 0 Å². The van der Waals surface area contributed by atoms with Crippen molar-refractivity contribution in [3.8, 4) is 0 Å². The first-order chi connectivity index (χ1) is 27.0. The monoisotopic (exact) mass is 834 g/mol. The largest absolute Gasteiger partial charge is 1.00 e. The molecule has 0 amide bonds. The third-order valence-corrected chi connectivity index (χ3v) is 9.90. The number of Topliss-reactive ketones (excluding diaryl/α,β-unsaturated/α-hetero) is 2. The van der Waals surface area contributed by atoms with Crippen LogP contribution in [0.2, 0.25) is 0 Å². The van der Waals surface area contributed by atoms with Crippen LogP contribution in [0.3, 0.4) is 0 Å². The number of aliphatic carboxylic acids is 2. The Morgan fingerprint density at radius 2 is 0.950 bits per heavy atom. The zero-order chi connectivity index (χ0) is 43.8. The molecule has 0 radical (unpaired) electrons. The molecule has 0 saturated carbocycles. The summed E-state index contributed by atoms with van der Waals surface area (Å²) in [5, 5.41) is 19.5. The smallest absolute Gasteiger partial charge is 0.550 e. The topological polar surface area (TPSA) is 164 Å². The summed E-state index contributed by atoms with van der Waals surface area (Å²) < 4.78 is 10.7. The number of carbonyl (C=O) groups excluding carboxylic acids is 5. The van der Waals surface area contributed by atoms with E-state index in [1.807, 2.05) is 140 Å². The van der Waals surface area contributed by atoms with Crippen LogP contribution >= 0.6 is 0 Å². The second-order valence-electron chi connectivity index (χ2n) is 16.1. The van der Waals surface area contributed by atoms with E-state index < -0.39 is 53.3 Å². The average molecular weight is 835 g/mol. The molecule has 11 heteroatoms. The molecule has 0 aromatic carbocycles. The zero-order valence-corrected chi connectivity index (χ0v) is 38.6. The van der Waals surface area contributed by atoms with Gasteiger partial charge in [-0.05, 0) is 81.1 Å². The number of carbonyl (C=O) groups is 6. The predicted octanol–water partition coefficient (Wildman–Crippen LogP) is 6.04. The molecular formula is C49H63NaO10. The Balaban J connectivity index is 0.0000174. The van der Waals surface area contributed by atoms with E-state index in [9.17, 15) is 33.9 Å². The summed E-state index contributed by atoms with van der Waals surface area (Å²) in [7, 11) is 0. The van der Waals surface area contributed by atoms with Crippen LogP contribution in [0, 0.1) is 10.8 Å². The zero-order valence-electron chi connectivity index (χ0n) is 36.6. The summed E-state index contributed by atoms with van der Waals surface area (Å²) in [5.41, 5.74) is 5.97. The molecule has 0 spiro atoms. The maximum atomic E-state index is 13.0. The Morgan fingerprint density at radius 1 is 0.617 bits per heavy atom. The van der Waals surface area contributed by atoms with Crippen LogP contribution in [0.4, 0.5) is 0 Å². The summed E-state index contributed by atoms with van der Waals surface area (Å²) in [6.07, 6.45) is 24.9. The molecule has 10 nitrogen and oxygen atoms in total. The van der Waals surface area contributed by atoms with Gasteiger partial charge in [0.1, 0.15) is 0 Å². The fourth-order valence-electron chi connectivity index (χ4n) is 6.61. The molecule has 0 fully saturated rings. The molecule has 2 atom stereocenters. The summed E-state index contributed by atoms with van der Waals surface area (Å²) in [6.45, 7) is 19.3. The number of rotatable bonds is 18. The van der Waals surface area contributed by atoms with E-state index in [0.29, 0.717) is 24.0 Å². The third-order valence-electron chi connectivity index (χ3n) is 9.90. The summed E-state index contributed by atoms with van der Waals surface area (Å²) in [5.74, 6) is -4.40. The van der Waals surface area contributed by atoms with Crippen molar-refractivity contribution in [3.05, 3.63) is 130 Å². The van der Waals surface area contributed by atoms with E-state index in [4.69, 9.17) is 14.6 Å². The molecule has 2 aliphatic carbocycles. The predicted molar refractivity (Wildman–Crippen MR) is 231 cm³/mol. The standard InChI is InChI=1S/C48H60O10.CH4.Na/c1-31(17-13-19-33(3)21-23-37-35(5)45(55)39(29-47(37,7)8)57-43(53)27-25-41(49)50)15-11-12-16-32(2)18-14-20-34(4)22-24-38-36(6)46(56)40(30-48(38,9)10)58-44(54)28-26-42(51)52;;/h11-24,39-40H,25-30H2,1-10H3,(H,49,50)(H,51,52);1H4;/q;;+1/p-1/b12-11+,17-13+,18-14+,23-21+,24-22+,31-15+,32-16+,33-19+,34-20+;;. The normalized spacial score (nSPS) is 20.4. The van der Waals surface area contributed by atoms with Gasteiger partial charge in [-0.2, -0.15) is 0 Å². The van der Waals surface area contributed by atoms with Crippen molar-refractivity contribution >= 4 is 35.4 Å². The Kier molecular flexibility index (Phi) is 23.9. The molecule has 0 aromatic heterocycles. The number of ether oxygens (including phenoxy) is 2. The Bertz CT molecular complexity index is 1830. The van der Waals surface area contributed by atoms with Crippen LogP contribution < -0.4 is 34.7 Å². The van der Waals surface area contributed by atoms with E-state index in [0.717, 1.165) is 33.4 Å². The fraction of sp³-hybridized carbons (Fsp3) is 0.429. The molecule has 2 rings (SSSR count). The fourth-order valence-corrected chi connectivity index (χ4v) is 6.61. The minimum absolute atomic E-state index is 0. The molecular weight excluding hydrogens is 772 g/mol. The van der Waals surface area contributed by atoms with Gasteiger partial charge < -0.3 is 24.5 Å². The van der Waals surface area contributed by atoms with Gasteiger partial charge in [0.15, 0.2) is 23.8 Å². The molecule has 60 heavy (non-hydrogen) atoms. The van der Waals surface area contributed by atoms with Crippen molar-refractivity contribution in [2.24, 2.45) is 10.8 Å². The summed E-state index contributed by atoms with van der Waals surface area (Å²) in [6, 6.07) is 0. The minimum Gasteiger partial charge on any atom is -0.550 e. The van der Waals surface area contributed by atoms with E-state index in [-0.39, 0.29) is 67.8 Å². The molecule has 0 aliphatic heterocycles. The number of carboxylic acids is 2. The van der Waals surface area contributed by atoms with Crippen LogP contribution in [-0.2, 0) is 38.2 Å². The number of esters is 2. The number of carboxylic acid groups (broad SMARTS) is 2. The van der Waals surface area contributed by atoms with E-state index in [2.05, 4.69) is 0 Å². The summed E-state index contributed by atoms with van der Waals surface area (Å²) in [4.78, 5) is 71.5. The van der Waals surface area contributed by atoms with Gasteiger partial charge in [0.2, 0.25) is 0 Å². The molecule has 2 unspecified atom stereocenters. The van der Waals surface area contributed by atoms with Gasteiger partial charge >= 0.3 is 47.5 Å². The molecule has 320 valence electrons. The van der Waals surface area contributed by atoms with Crippen LogP contribution in [0.5, 0.6) is 0 Å². The second-order valence-corrected chi connectivity index (χ2v) is 16.1. The maximum Gasteiger partial charge on any atom is 1.00 e. The van der Waals surface area contributed by atoms with Crippen LogP contribution in [0.1, 0.15) is 115 Å². The first-order valence-electron chi connectivity index (χ1n) is 19.4. The van der Waals surface area contributed by atoms with Gasteiger partial charge in [-0.25, -0.2) is 0 Å². The van der Waals surface area contributed by atoms with Gasteiger partial charge in [-0.3, -0.25) is 24.0 Å². The first-order valence-corrected chi connectivity index (χ1v) is 19.4. The summed E-state index contributed by atoms with van der Waals surface area (Å²) >= 11 is 0. The number of hydrogen-bond acceptors (Lipinski definition) is 9. The van der Waals surface area contributed by atoms with Crippen molar-refractivity contribution in [1.29, 1.82) is 0 Å². The van der Waals surface area contributed by atoms with Gasteiger partial charge in [0.25, 0.3) is 0 Å². The number of allylic oxidation sites excluding steroid dienone is 20. The molecule has 0 saturated heterocycles. The molecule has 2 aliphatic rings. The molecule has 0 bridgehead atoms. The Hall–Kier alpha value is -4.64. The Morgan fingerprint density at radius 3 is 1.30 bits per heavy atom. The Labute approximate surface area is 379 Å². The number of hydrogen-bond donors (Lipinski definition) is 1. The van der Waals surface area contributed by atoms with Crippen molar-refractivity contribution < 1.29 is 78.0 Å². The number of ketones is 2. The second kappa shape index (κ2) is 25.9. The quantitative estimate of drug-likeness (QED) is 0.0978. The van der Waals surface area contributed by atoms with E-state index in [1.54, 1.807) is 13.8 Å². The van der Waals surface area contributed by atoms with Gasteiger partial charge in [-0.1, -0.05) is 142 Å². The maximum absolute atomic E-state index is 13.0. The minimum atomic E-state index is -1.34. The van der Waals surface area contributed by atoms with Crippen molar-refractivity contribution in [3.63, 3.8) is 0 Å². The average Bonchev–Trinajstić information content (AvgIpc) is 3.12. The van der Waals surface area contributed by atoms with Crippen molar-refractivity contribution in [2.75, 3.05) is 0 Å². The SMILES string of the molecule is C.CC1=C(/C=C/C(C)=C/C=C/C(C)=C/C=C/C=C(C)/C=C/C=C(C)/C=C/C2=C(C)C(=O)C(OC(=O)CCC(=O)O)CC2(C)C)C(C)(C)CC(OC(=O)CCC(=O)[O-])C1=O.[Na+]. The van der Waals surface area contributed by atoms with E-state index in [1.165, 1.54) is 0 Å². The molecule has 0 heterocycles. The molecule has 1 N–H and O–H groups in total. The van der Waals surface area contributed by atoms with Crippen LogP contribution in [0.25, 0.3) is 0 Å². The van der Waals surface area contributed by atoms with Crippen LogP contribution in [0.15, 0.2) is 130 Å².